The molecule has 0 radical (unpaired) electrons. The van der Waals surface area contributed by atoms with Crippen LogP contribution >= 0.6 is 0 Å². The molecule has 1 atom stereocenters. The van der Waals surface area contributed by atoms with Gasteiger partial charge in [0.15, 0.2) is 0 Å². The summed E-state index contributed by atoms with van der Waals surface area (Å²) in [6.07, 6.45) is -0.0728. The zero-order valence-electron chi connectivity index (χ0n) is 11.1. The average Bonchev–Trinajstić information content (AvgIpc) is 2.38. The smallest absolute Gasteiger partial charge is 0.326 e. The van der Waals surface area contributed by atoms with E-state index in [1.165, 1.54) is 14.2 Å². The van der Waals surface area contributed by atoms with Gasteiger partial charge in [0.05, 0.1) is 20.3 Å². The van der Waals surface area contributed by atoms with Gasteiger partial charge in [-0.1, -0.05) is 0 Å². The maximum Gasteiger partial charge on any atom is 0.326 e. The lowest BCUT2D eigenvalue weighted by molar-refractivity contribution is -0.144. The second-order valence-electron chi connectivity index (χ2n) is 3.74. The first-order valence-corrected chi connectivity index (χ1v) is 5.80. The van der Waals surface area contributed by atoms with Crippen molar-refractivity contribution in [3.05, 3.63) is 0 Å². The van der Waals surface area contributed by atoms with Crippen molar-refractivity contribution < 1.29 is 29.0 Å². The van der Waals surface area contributed by atoms with E-state index in [0.29, 0.717) is 13.2 Å². The first-order valence-electron chi connectivity index (χ1n) is 5.80. The second kappa shape index (κ2) is 10.3. The molecule has 1 amide bonds. The molecular weight excluding hydrogens is 256 g/mol. The van der Waals surface area contributed by atoms with Crippen LogP contribution in [0.4, 0.5) is 0 Å². The number of amides is 1. The molecule has 0 saturated heterocycles. The zero-order valence-corrected chi connectivity index (χ0v) is 11.1. The molecular formula is C11H20N2O6. The Bertz CT molecular complexity index is 308. The van der Waals surface area contributed by atoms with Crippen molar-refractivity contribution in [2.24, 2.45) is 0 Å². The summed E-state index contributed by atoms with van der Waals surface area (Å²) in [5.74, 6) is -2.15. The van der Waals surface area contributed by atoms with E-state index in [4.69, 9.17) is 9.84 Å². The highest BCUT2D eigenvalue weighted by Crippen LogP contribution is 1.99. The van der Waals surface area contributed by atoms with Gasteiger partial charge in [0.2, 0.25) is 5.91 Å². The maximum absolute atomic E-state index is 11.4. The molecule has 0 aromatic rings. The van der Waals surface area contributed by atoms with Crippen molar-refractivity contribution in [2.45, 2.75) is 18.9 Å². The van der Waals surface area contributed by atoms with E-state index >= 15 is 0 Å². The van der Waals surface area contributed by atoms with Crippen molar-refractivity contribution in [3.63, 3.8) is 0 Å². The number of aliphatic carboxylic acids is 1. The third kappa shape index (κ3) is 8.97. The summed E-state index contributed by atoms with van der Waals surface area (Å²) in [5, 5.41) is 14.0. The Kier molecular flexibility index (Phi) is 9.37. The molecule has 19 heavy (non-hydrogen) atoms. The summed E-state index contributed by atoms with van der Waals surface area (Å²) >= 11 is 0. The standard InChI is InChI=1S/C11H20N2O6/c1-18-6-5-12-7-9(14)13-8(11(16)17)3-4-10(15)19-2/h8,12H,3-7H2,1-2H3,(H,13,14)(H,16,17). The molecule has 8 heteroatoms. The van der Waals surface area contributed by atoms with Gasteiger partial charge in [-0.05, 0) is 6.42 Å². The monoisotopic (exact) mass is 276 g/mol. The number of hydrogen-bond acceptors (Lipinski definition) is 6. The number of nitrogens with one attached hydrogen (secondary N) is 2. The molecule has 0 aliphatic rings. The SMILES string of the molecule is COCCNCC(=O)NC(CCC(=O)OC)C(=O)O. The van der Waals surface area contributed by atoms with Gasteiger partial charge in [-0.3, -0.25) is 9.59 Å². The summed E-state index contributed by atoms with van der Waals surface area (Å²) in [4.78, 5) is 33.3. The van der Waals surface area contributed by atoms with Crippen LogP contribution in [0.1, 0.15) is 12.8 Å². The Hall–Kier alpha value is -1.67. The minimum absolute atomic E-state index is 0.00812. The van der Waals surface area contributed by atoms with Gasteiger partial charge < -0.3 is 25.2 Å². The number of carbonyl (C=O) groups excluding carboxylic acids is 2. The van der Waals surface area contributed by atoms with Crippen LogP contribution < -0.4 is 10.6 Å². The summed E-state index contributed by atoms with van der Waals surface area (Å²) in [5.41, 5.74) is 0. The van der Waals surface area contributed by atoms with Gasteiger partial charge in [-0.25, -0.2) is 4.79 Å². The van der Waals surface area contributed by atoms with E-state index in [1.807, 2.05) is 0 Å². The summed E-state index contributed by atoms with van der Waals surface area (Å²) in [6.45, 7) is 0.938. The minimum atomic E-state index is -1.19. The number of carbonyl (C=O) groups is 3. The average molecular weight is 276 g/mol. The number of esters is 1. The van der Waals surface area contributed by atoms with Gasteiger partial charge >= 0.3 is 11.9 Å². The Labute approximate surface area is 111 Å². The molecule has 0 aromatic carbocycles. The molecule has 8 nitrogen and oxygen atoms in total. The quantitative estimate of drug-likeness (QED) is 0.337. The highest BCUT2D eigenvalue weighted by atomic mass is 16.5. The fourth-order valence-corrected chi connectivity index (χ4v) is 1.24. The molecule has 0 fully saturated rings. The molecule has 0 aromatic heterocycles. The van der Waals surface area contributed by atoms with Crippen molar-refractivity contribution in [2.75, 3.05) is 33.9 Å². The fourth-order valence-electron chi connectivity index (χ4n) is 1.24. The van der Waals surface area contributed by atoms with Crippen LogP contribution in [0, 0.1) is 0 Å². The molecule has 110 valence electrons. The predicted molar refractivity (Wildman–Crippen MR) is 65.6 cm³/mol. The van der Waals surface area contributed by atoms with E-state index in [1.54, 1.807) is 0 Å². The lowest BCUT2D eigenvalue weighted by atomic mass is 10.1. The maximum atomic E-state index is 11.4. The molecule has 0 aliphatic carbocycles. The molecule has 1 unspecified atom stereocenters. The Balaban J connectivity index is 4.01. The first kappa shape index (κ1) is 17.3. The predicted octanol–water partition coefficient (Wildman–Crippen LogP) is -1.25. The number of carboxylic acid groups (broad SMARTS) is 1. The van der Waals surface area contributed by atoms with E-state index < -0.39 is 23.9 Å². The summed E-state index contributed by atoms with van der Waals surface area (Å²) < 4.78 is 9.19. The van der Waals surface area contributed by atoms with Gasteiger partial charge in [-0.2, -0.15) is 0 Å². The first-order chi connectivity index (χ1) is 9.01. The number of rotatable bonds is 10. The molecule has 0 heterocycles. The van der Waals surface area contributed by atoms with Crippen LogP contribution in [-0.2, 0) is 23.9 Å². The molecule has 0 spiro atoms. The second-order valence-corrected chi connectivity index (χ2v) is 3.74. The van der Waals surface area contributed by atoms with Crippen LogP contribution in [0.5, 0.6) is 0 Å². The molecule has 0 saturated carbocycles. The number of carboxylic acids is 1. The number of hydrogen-bond donors (Lipinski definition) is 3. The van der Waals surface area contributed by atoms with Crippen molar-refractivity contribution >= 4 is 17.8 Å². The van der Waals surface area contributed by atoms with E-state index in [9.17, 15) is 14.4 Å². The molecule has 0 aliphatic heterocycles. The zero-order chi connectivity index (χ0) is 14.7. The van der Waals surface area contributed by atoms with Gasteiger partial charge in [0, 0.05) is 20.1 Å². The molecule has 3 N–H and O–H groups in total. The van der Waals surface area contributed by atoms with Crippen LogP contribution in [0.2, 0.25) is 0 Å². The highest BCUT2D eigenvalue weighted by Gasteiger charge is 2.20. The lowest BCUT2D eigenvalue weighted by Crippen LogP contribution is -2.45. The third-order valence-electron chi connectivity index (χ3n) is 2.27. The normalized spacial score (nSPS) is 11.7. The number of methoxy groups -OCH3 is 2. The van der Waals surface area contributed by atoms with Crippen LogP contribution in [0.15, 0.2) is 0 Å². The highest BCUT2D eigenvalue weighted by molar-refractivity contribution is 5.85. The van der Waals surface area contributed by atoms with Gasteiger partial charge in [0.1, 0.15) is 6.04 Å². The minimum Gasteiger partial charge on any atom is -0.480 e. The largest absolute Gasteiger partial charge is 0.480 e. The summed E-state index contributed by atoms with van der Waals surface area (Å²) in [7, 11) is 2.76. The Morgan fingerprint density at radius 1 is 1.26 bits per heavy atom. The number of ether oxygens (including phenoxy) is 2. The van der Waals surface area contributed by atoms with Crippen molar-refractivity contribution in [1.82, 2.24) is 10.6 Å². The third-order valence-corrected chi connectivity index (χ3v) is 2.27. The Morgan fingerprint density at radius 2 is 1.95 bits per heavy atom. The lowest BCUT2D eigenvalue weighted by Gasteiger charge is -2.14. The van der Waals surface area contributed by atoms with E-state index in [-0.39, 0.29) is 19.4 Å². The van der Waals surface area contributed by atoms with E-state index in [2.05, 4.69) is 15.4 Å². The molecule has 0 rings (SSSR count). The van der Waals surface area contributed by atoms with Crippen LogP contribution in [-0.4, -0.2) is 62.9 Å². The van der Waals surface area contributed by atoms with Gasteiger partial charge in [0.25, 0.3) is 0 Å². The van der Waals surface area contributed by atoms with Crippen molar-refractivity contribution in [1.29, 1.82) is 0 Å². The molecule has 0 bridgehead atoms. The van der Waals surface area contributed by atoms with Crippen molar-refractivity contribution in [3.8, 4) is 0 Å². The van der Waals surface area contributed by atoms with E-state index in [0.717, 1.165) is 0 Å². The Morgan fingerprint density at radius 3 is 2.47 bits per heavy atom. The van der Waals surface area contributed by atoms with Gasteiger partial charge in [-0.15, -0.1) is 0 Å². The fraction of sp³-hybridized carbons (Fsp3) is 0.727. The summed E-state index contributed by atoms with van der Waals surface area (Å²) in [6, 6.07) is -1.10. The topological polar surface area (TPSA) is 114 Å². The van der Waals surface area contributed by atoms with Crippen LogP contribution in [0.25, 0.3) is 0 Å². The van der Waals surface area contributed by atoms with Crippen LogP contribution in [0.3, 0.4) is 0 Å².